The van der Waals surface area contributed by atoms with Crippen molar-refractivity contribution < 1.29 is 9.90 Å². The van der Waals surface area contributed by atoms with Gasteiger partial charge in [0.15, 0.2) is 0 Å². The summed E-state index contributed by atoms with van der Waals surface area (Å²) in [5.41, 5.74) is 16.2. The molecule has 1 aromatic heterocycles. The van der Waals surface area contributed by atoms with Gasteiger partial charge in [-0.15, -0.1) is 0 Å². The van der Waals surface area contributed by atoms with Crippen LogP contribution in [0.15, 0.2) is 55.2 Å². The van der Waals surface area contributed by atoms with Crippen molar-refractivity contribution in [1.29, 1.82) is 0 Å². The van der Waals surface area contributed by atoms with E-state index in [1.165, 1.54) is 12.5 Å². The molecule has 1 aliphatic heterocycles. The van der Waals surface area contributed by atoms with Gasteiger partial charge in [0, 0.05) is 61.3 Å². The molecule has 35 heavy (non-hydrogen) atoms. The predicted molar refractivity (Wildman–Crippen MR) is 141 cm³/mol. The Kier molecular flexibility index (Phi) is 9.03. The van der Waals surface area contributed by atoms with Crippen LogP contribution in [0.2, 0.25) is 5.02 Å². The van der Waals surface area contributed by atoms with Gasteiger partial charge in [0.1, 0.15) is 6.33 Å². The Morgan fingerprint density at radius 2 is 1.97 bits per heavy atom. The number of carbonyl (C=O) groups is 1. The smallest absolute Gasteiger partial charge is 0.255 e. The molecule has 1 atom stereocenters. The Morgan fingerprint density at radius 1 is 1.26 bits per heavy atom. The van der Waals surface area contributed by atoms with Crippen LogP contribution in [0.25, 0.3) is 16.8 Å². The van der Waals surface area contributed by atoms with Gasteiger partial charge in [-0.3, -0.25) is 9.69 Å². The quantitative estimate of drug-likeness (QED) is 0.480. The Bertz CT molecular complexity index is 1140. The highest BCUT2D eigenvalue weighted by molar-refractivity contribution is 6.34. The standard InChI is InChI=1S/C26H33ClN6O2/c1-4-23-24(20(14-28)6-5-17(2)29)25(31-16-30-23)19-7-8-21(22(27)13-19)26(35)33-11-9-32(10-12-33)15-18(3)34/h5-8,13-14,16,18,34H,2,4,9-12,15,28-29H2,1,3H3/b6-5-,20-14+. The number of allylic oxidation sites excluding steroid dienone is 3. The number of rotatable bonds is 8. The first-order chi connectivity index (χ1) is 16.7. The highest BCUT2D eigenvalue weighted by atomic mass is 35.5. The number of aryl methyl sites for hydroxylation is 1. The summed E-state index contributed by atoms with van der Waals surface area (Å²) in [5.74, 6) is -0.109. The molecule has 9 heteroatoms. The Labute approximate surface area is 211 Å². The number of hydrogen-bond acceptors (Lipinski definition) is 7. The summed E-state index contributed by atoms with van der Waals surface area (Å²) in [4.78, 5) is 26.0. The van der Waals surface area contributed by atoms with Gasteiger partial charge in [0.25, 0.3) is 5.91 Å². The van der Waals surface area contributed by atoms with E-state index in [2.05, 4.69) is 21.4 Å². The number of aliphatic hydroxyl groups excluding tert-OH is 1. The van der Waals surface area contributed by atoms with Crippen molar-refractivity contribution in [3.63, 3.8) is 0 Å². The maximum atomic E-state index is 13.2. The Morgan fingerprint density at radius 3 is 2.54 bits per heavy atom. The highest BCUT2D eigenvalue weighted by Crippen LogP contribution is 2.32. The van der Waals surface area contributed by atoms with Gasteiger partial charge >= 0.3 is 0 Å². The molecule has 0 spiro atoms. The average Bonchev–Trinajstić information content (AvgIpc) is 2.84. The number of nitrogens with zero attached hydrogens (tertiary/aromatic N) is 4. The summed E-state index contributed by atoms with van der Waals surface area (Å²) in [6.45, 7) is 10.7. The molecule has 1 saturated heterocycles. The fraction of sp³-hybridized carbons (Fsp3) is 0.346. The van der Waals surface area contributed by atoms with E-state index in [0.29, 0.717) is 66.7 Å². The van der Waals surface area contributed by atoms with Crippen LogP contribution in [0.3, 0.4) is 0 Å². The van der Waals surface area contributed by atoms with Crippen molar-refractivity contribution in [1.82, 2.24) is 19.8 Å². The molecule has 5 N–H and O–H groups in total. The second-order valence-corrected chi connectivity index (χ2v) is 8.97. The number of halogens is 1. The van der Waals surface area contributed by atoms with E-state index in [0.717, 1.165) is 16.8 Å². The molecule has 0 bridgehead atoms. The lowest BCUT2D eigenvalue weighted by Gasteiger charge is -2.35. The van der Waals surface area contributed by atoms with Gasteiger partial charge in [-0.25, -0.2) is 9.97 Å². The van der Waals surface area contributed by atoms with Gasteiger partial charge in [0.05, 0.1) is 28.1 Å². The minimum Gasteiger partial charge on any atom is -0.404 e. The number of hydrogen-bond donors (Lipinski definition) is 3. The number of piperazine rings is 1. The van der Waals surface area contributed by atoms with Gasteiger partial charge < -0.3 is 21.5 Å². The summed E-state index contributed by atoms with van der Waals surface area (Å²) >= 11 is 6.62. The Balaban J connectivity index is 1.90. The van der Waals surface area contributed by atoms with E-state index in [-0.39, 0.29) is 5.91 Å². The minimum atomic E-state index is -0.390. The summed E-state index contributed by atoms with van der Waals surface area (Å²) in [5, 5.41) is 9.95. The first-order valence-corrected chi connectivity index (χ1v) is 12.0. The van der Waals surface area contributed by atoms with Crippen molar-refractivity contribution in [2.24, 2.45) is 11.5 Å². The topological polar surface area (TPSA) is 122 Å². The second-order valence-electron chi connectivity index (χ2n) is 8.56. The molecule has 8 nitrogen and oxygen atoms in total. The van der Waals surface area contributed by atoms with Gasteiger partial charge in [-0.2, -0.15) is 0 Å². The fourth-order valence-electron chi connectivity index (χ4n) is 4.14. The van der Waals surface area contributed by atoms with E-state index >= 15 is 0 Å². The van der Waals surface area contributed by atoms with Gasteiger partial charge in [-0.1, -0.05) is 37.2 Å². The van der Waals surface area contributed by atoms with Crippen LogP contribution in [-0.2, 0) is 6.42 Å². The van der Waals surface area contributed by atoms with Crippen LogP contribution in [-0.4, -0.2) is 69.6 Å². The SMILES string of the molecule is C=C(N)/C=C\C(=C/N)c1c(CC)ncnc1-c1ccc(C(=O)N2CCN(CC(C)O)CC2)c(Cl)c1. The lowest BCUT2D eigenvalue weighted by molar-refractivity contribution is 0.0554. The van der Waals surface area contributed by atoms with Crippen molar-refractivity contribution in [3.05, 3.63) is 77.0 Å². The number of nitrogens with two attached hydrogens (primary N) is 2. The second kappa shape index (κ2) is 12.0. The van der Waals surface area contributed by atoms with E-state index in [4.69, 9.17) is 23.1 Å². The van der Waals surface area contributed by atoms with Crippen LogP contribution in [0.4, 0.5) is 0 Å². The first kappa shape index (κ1) is 26.4. The van der Waals surface area contributed by atoms with Crippen molar-refractivity contribution in [2.45, 2.75) is 26.4 Å². The molecular formula is C26H33ClN6O2. The number of aromatic nitrogens is 2. The number of amides is 1. The number of benzene rings is 1. The largest absolute Gasteiger partial charge is 0.404 e. The predicted octanol–water partition coefficient (Wildman–Crippen LogP) is 2.83. The Hall–Kier alpha value is -3.20. The van der Waals surface area contributed by atoms with E-state index in [1.54, 1.807) is 36.1 Å². The number of β-amino-alcohol motifs (C(OH)–C–C–N with tert-alkyl or cyclic N) is 1. The zero-order valence-corrected chi connectivity index (χ0v) is 21.0. The van der Waals surface area contributed by atoms with Gasteiger partial charge in [-0.05, 0) is 31.6 Å². The molecule has 2 aromatic rings. The zero-order valence-electron chi connectivity index (χ0n) is 20.2. The van der Waals surface area contributed by atoms with Crippen molar-refractivity contribution >= 4 is 23.1 Å². The monoisotopic (exact) mass is 496 g/mol. The molecule has 2 heterocycles. The van der Waals surface area contributed by atoms with E-state index in [1.807, 2.05) is 13.0 Å². The third-order valence-electron chi connectivity index (χ3n) is 5.86. The molecule has 1 fully saturated rings. The molecule has 1 aliphatic rings. The molecule has 0 saturated carbocycles. The molecule has 1 aromatic carbocycles. The summed E-state index contributed by atoms with van der Waals surface area (Å²) in [6.07, 6.45) is 6.73. The zero-order chi connectivity index (χ0) is 25.5. The highest BCUT2D eigenvalue weighted by Gasteiger charge is 2.25. The third-order valence-corrected chi connectivity index (χ3v) is 6.17. The third kappa shape index (κ3) is 6.48. The summed E-state index contributed by atoms with van der Waals surface area (Å²) in [6, 6.07) is 5.33. The lowest BCUT2D eigenvalue weighted by atomic mass is 9.95. The molecular weight excluding hydrogens is 464 g/mol. The van der Waals surface area contributed by atoms with Crippen LogP contribution in [0.5, 0.6) is 0 Å². The van der Waals surface area contributed by atoms with Crippen molar-refractivity contribution in [3.8, 4) is 11.3 Å². The first-order valence-electron chi connectivity index (χ1n) is 11.6. The number of carbonyl (C=O) groups excluding carboxylic acids is 1. The van der Waals surface area contributed by atoms with E-state index < -0.39 is 6.10 Å². The van der Waals surface area contributed by atoms with Crippen LogP contribution >= 0.6 is 11.6 Å². The summed E-state index contributed by atoms with van der Waals surface area (Å²) in [7, 11) is 0. The average molecular weight is 497 g/mol. The van der Waals surface area contributed by atoms with Crippen LogP contribution in [0, 0.1) is 0 Å². The molecule has 1 unspecified atom stereocenters. The minimum absolute atomic E-state index is 0.109. The van der Waals surface area contributed by atoms with Crippen LogP contribution in [0.1, 0.15) is 35.5 Å². The molecule has 3 rings (SSSR count). The van der Waals surface area contributed by atoms with E-state index in [9.17, 15) is 9.90 Å². The molecule has 186 valence electrons. The molecule has 0 aliphatic carbocycles. The molecule has 1 amide bonds. The van der Waals surface area contributed by atoms with Gasteiger partial charge in [0.2, 0.25) is 0 Å². The lowest BCUT2D eigenvalue weighted by Crippen LogP contribution is -2.50. The normalized spacial score (nSPS) is 16.0. The van der Waals surface area contributed by atoms with Crippen LogP contribution < -0.4 is 11.5 Å². The van der Waals surface area contributed by atoms with Crippen molar-refractivity contribution in [2.75, 3.05) is 32.7 Å². The fourth-order valence-corrected chi connectivity index (χ4v) is 4.41. The summed E-state index contributed by atoms with van der Waals surface area (Å²) < 4.78 is 0. The molecule has 0 radical (unpaired) electrons. The maximum absolute atomic E-state index is 13.2. The number of aliphatic hydroxyl groups is 1. The maximum Gasteiger partial charge on any atom is 0.255 e.